The number of anilines is 1. The molecule has 1 aromatic carbocycles. The highest BCUT2D eigenvalue weighted by Crippen LogP contribution is 2.33. The zero-order valence-corrected chi connectivity index (χ0v) is 14.0. The molecule has 0 aliphatic carbocycles. The van der Waals surface area contributed by atoms with Crippen molar-refractivity contribution in [2.75, 3.05) is 25.0 Å². The van der Waals surface area contributed by atoms with Crippen LogP contribution in [0.15, 0.2) is 34.6 Å². The summed E-state index contributed by atoms with van der Waals surface area (Å²) in [7, 11) is 1.86. The summed E-state index contributed by atoms with van der Waals surface area (Å²) in [5.41, 5.74) is 0.636. The summed E-state index contributed by atoms with van der Waals surface area (Å²) in [6.07, 6.45) is 1.15. The number of aryl methyl sites for hydroxylation is 1. The topological polar surface area (TPSA) is 81.1 Å². The first kappa shape index (κ1) is 16.3. The van der Waals surface area contributed by atoms with Crippen LogP contribution in [-0.2, 0) is 16.6 Å². The third kappa shape index (κ3) is 4.03. The largest absolute Gasteiger partial charge is 0.366 e. The van der Waals surface area contributed by atoms with E-state index in [9.17, 15) is 4.79 Å². The van der Waals surface area contributed by atoms with Gasteiger partial charge in [0, 0.05) is 30.7 Å². The van der Waals surface area contributed by atoms with E-state index in [2.05, 4.69) is 20.8 Å². The van der Waals surface area contributed by atoms with Crippen molar-refractivity contribution in [2.45, 2.75) is 16.2 Å². The number of carbonyl (C=O) groups excluding carboxylic acids is 1. The van der Waals surface area contributed by atoms with Crippen LogP contribution in [0.5, 0.6) is 0 Å². The minimum absolute atomic E-state index is 0.179. The van der Waals surface area contributed by atoms with Gasteiger partial charge in [-0.05, 0) is 30.0 Å². The van der Waals surface area contributed by atoms with Crippen LogP contribution in [0, 0.1) is 0 Å². The van der Waals surface area contributed by atoms with Crippen molar-refractivity contribution >= 4 is 35.0 Å². The maximum Gasteiger partial charge on any atom is 0.254 e. The first-order valence-electron chi connectivity index (χ1n) is 7.08. The third-order valence-electron chi connectivity index (χ3n) is 3.29. The van der Waals surface area contributed by atoms with Gasteiger partial charge in [-0.2, -0.15) is 0 Å². The van der Waals surface area contributed by atoms with Crippen LogP contribution >= 0.6 is 23.4 Å². The van der Waals surface area contributed by atoms with Gasteiger partial charge in [-0.1, -0.05) is 11.6 Å². The number of benzene rings is 1. The maximum absolute atomic E-state index is 12.1. The van der Waals surface area contributed by atoms with Crippen molar-refractivity contribution < 1.29 is 9.53 Å². The molecule has 23 heavy (non-hydrogen) atoms. The highest BCUT2D eigenvalue weighted by Gasteiger charge is 2.22. The molecule has 0 saturated carbocycles. The standard InChI is InChI=1S/C14H16ClN5O2S/c1-20-8-17-19-14(20)23-12-3-2-9(6-10(12)15)18-13(21)11-7-16-4-5-22-11/h2-3,6,8,11,16H,4-5,7H2,1H3,(H,18,21). The second kappa shape index (κ2) is 7.31. The zero-order chi connectivity index (χ0) is 16.2. The summed E-state index contributed by atoms with van der Waals surface area (Å²) in [5.74, 6) is -0.179. The van der Waals surface area contributed by atoms with Crippen LogP contribution in [0.2, 0.25) is 5.02 Å². The van der Waals surface area contributed by atoms with Gasteiger partial charge in [-0.3, -0.25) is 4.79 Å². The number of nitrogens with one attached hydrogen (secondary N) is 2. The first-order chi connectivity index (χ1) is 11.1. The van der Waals surface area contributed by atoms with E-state index >= 15 is 0 Å². The summed E-state index contributed by atoms with van der Waals surface area (Å²) < 4.78 is 7.23. The molecule has 1 fully saturated rings. The molecule has 1 amide bonds. The number of rotatable bonds is 4. The van der Waals surface area contributed by atoms with Gasteiger partial charge in [0.25, 0.3) is 5.91 Å². The fourth-order valence-electron chi connectivity index (χ4n) is 2.08. The molecule has 0 radical (unpaired) electrons. The molecule has 122 valence electrons. The molecule has 0 bridgehead atoms. The normalized spacial score (nSPS) is 17.9. The van der Waals surface area contributed by atoms with E-state index in [4.69, 9.17) is 16.3 Å². The molecule has 0 spiro atoms. The van der Waals surface area contributed by atoms with Gasteiger partial charge < -0.3 is 19.9 Å². The van der Waals surface area contributed by atoms with Crippen molar-refractivity contribution in [3.63, 3.8) is 0 Å². The second-order valence-corrected chi connectivity index (χ2v) is 6.44. The number of hydrogen-bond acceptors (Lipinski definition) is 6. The van der Waals surface area contributed by atoms with E-state index in [1.54, 1.807) is 18.5 Å². The summed E-state index contributed by atoms with van der Waals surface area (Å²) in [6, 6.07) is 5.37. The lowest BCUT2D eigenvalue weighted by Gasteiger charge is -2.22. The number of hydrogen-bond donors (Lipinski definition) is 2. The lowest BCUT2D eigenvalue weighted by molar-refractivity contribution is -0.128. The average Bonchev–Trinajstić information content (AvgIpc) is 2.96. The predicted octanol–water partition coefficient (Wildman–Crippen LogP) is 1.55. The second-order valence-electron chi connectivity index (χ2n) is 5.02. The molecular formula is C14H16ClN5O2S. The number of aromatic nitrogens is 3. The Hall–Kier alpha value is -1.61. The van der Waals surface area contributed by atoms with Gasteiger partial charge in [0.1, 0.15) is 12.4 Å². The zero-order valence-electron chi connectivity index (χ0n) is 12.5. The fourth-order valence-corrected chi connectivity index (χ4v) is 3.15. The Morgan fingerprint density at radius 1 is 1.57 bits per heavy atom. The molecule has 1 saturated heterocycles. The van der Waals surface area contributed by atoms with Crippen LogP contribution < -0.4 is 10.6 Å². The number of halogens is 1. The van der Waals surface area contributed by atoms with Crippen molar-refractivity contribution in [1.29, 1.82) is 0 Å². The van der Waals surface area contributed by atoms with Crippen LogP contribution in [0.4, 0.5) is 5.69 Å². The van der Waals surface area contributed by atoms with Gasteiger partial charge in [0.2, 0.25) is 0 Å². The van der Waals surface area contributed by atoms with E-state index in [-0.39, 0.29) is 5.91 Å². The molecule has 3 rings (SSSR count). The van der Waals surface area contributed by atoms with Gasteiger partial charge >= 0.3 is 0 Å². The monoisotopic (exact) mass is 353 g/mol. The highest BCUT2D eigenvalue weighted by atomic mass is 35.5. The smallest absolute Gasteiger partial charge is 0.254 e. The SMILES string of the molecule is Cn1cnnc1Sc1ccc(NC(=O)C2CNCCO2)cc1Cl. The minimum atomic E-state index is -0.477. The van der Waals surface area contributed by atoms with Gasteiger partial charge in [0.15, 0.2) is 5.16 Å². The first-order valence-corrected chi connectivity index (χ1v) is 8.27. The molecule has 1 unspecified atom stereocenters. The van der Waals surface area contributed by atoms with Crippen molar-refractivity contribution in [2.24, 2.45) is 7.05 Å². The van der Waals surface area contributed by atoms with Gasteiger partial charge in [-0.15, -0.1) is 10.2 Å². The molecule has 2 aromatic rings. The van der Waals surface area contributed by atoms with Gasteiger partial charge in [-0.25, -0.2) is 0 Å². The number of carbonyl (C=O) groups is 1. The summed E-state index contributed by atoms with van der Waals surface area (Å²) in [5, 5.41) is 15.1. The number of ether oxygens (including phenoxy) is 1. The maximum atomic E-state index is 12.1. The lowest BCUT2D eigenvalue weighted by atomic mass is 10.2. The van der Waals surface area contributed by atoms with E-state index in [0.29, 0.717) is 23.9 Å². The average molecular weight is 354 g/mol. The van der Waals surface area contributed by atoms with Crippen LogP contribution in [0.1, 0.15) is 0 Å². The fraction of sp³-hybridized carbons (Fsp3) is 0.357. The quantitative estimate of drug-likeness (QED) is 0.868. The Labute approximate surface area is 142 Å². The molecule has 1 aliphatic heterocycles. The molecule has 9 heteroatoms. The molecule has 1 aliphatic rings. The Bertz CT molecular complexity index is 702. The number of amides is 1. The van der Waals surface area contributed by atoms with Gasteiger partial charge in [0.05, 0.1) is 11.6 Å². The molecular weight excluding hydrogens is 338 g/mol. The number of nitrogens with zero attached hydrogens (tertiary/aromatic N) is 3. The molecule has 2 N–H and O–H groups in total. The molecule has 1 atom stereocenters. The lowest BCUT2D eigenvalue weighted by Crippen LogP contribution is -2.45. The predicted molar refractivity (Wildman–Crippen MR) is 87.8 cm³/mol. The minimum Gasteiger partial charge on any atom is -0.366 e. The van der Waals surface area contributed by atoms with Crippen molar-refractivity contribution in [1.82, 2.24) is 20.1 Å². The molecule has 7 nitrogen and oxygen atoms in total. The van der Waals surface area contributed by atoms with E-state index in [0.717, 1.165) is 16.6 Å². The van der Waals surface area contributed by atoms with E-state index < -0.39 is 6.10 Å². The molecule has 2 heterocycles. The highest BCUT2D eigenvalue weighted by molar-refractivity contribution is 7.99. The Morgan fingerprint density at radius 3 is 3.09 bits per heavy atom. The van der Waals surface area contributed by atoms with Crippen molar-refractivity contribution in [3.05, 3.63) is 29.5 Å². The Morgan fingerprint density at radius 2 is 2.43 bits per heavy atom. The Kier molecular flexibility index (Phi) is 5.16. The van der Waals surface area contributed by atoms with Crippen LogP contribution in [0.25, 0.3) is 0 Å². The number of morpholine rings is 1. The van der Waals surface area contributed by atoms with Crippen LogP contribution in [-0.4, -0.2) is 46.5 Å². The van der Waals surface area contributed by atoms with E-state index in [1.807, 2.05) is 17.7 Å². The van der Waals surface area contributed by atoms with E-state index in [1.165, 1.54) is 11.8 Å². The summed E-state index contributed by atoms with van der Waals surface area (Å²) in [4.78, 5) is 13.0. The third-order valence-corrected chi connectivity index (χ3v) is 4.84. The van der Waals surface area contributed by atoms with Crippen LogP contribution in [0.3, 0.4) is 0 Å². The van der Waals surface area contributed by atoms with Crippen molar-refractivity contribution in [3.8, 4) is 0 Å². The Balaban J connectivity index is 1.66. The summed E-state index contributed by atoms with van der Waals surface area (Å²) >= 11 is 7.71. The summed E-state index contributed by atoms with van der Waals surface area (Å²) in [6.45, 7) is 1.81. The molecule has 1 aromatic heterocycles.